The van der Waals surface area contributed by atoms with Gasteiger partial charge in [-0.15, -0.1) is 0 Å². The Hall–Kier alpha value is -1.74. The topological polar surface area (TPSA) is 26.2 Å². The Balaban J connectivity index is 2.25. The molecule has 106 valence electrons. The molecule has 0 aliphatic heterocycles. The van der Waals surface area contributed by atoms with E-state index in [0.29, 0.717) is 12.0 Å². The highest BCUT2D eigenvalue weighted by Gasteiger charge is 2.30. The van der Waals surface area contributed by atoms with E-state index >= 15 is 0 Å². The molecule has 3 rings (SSSR count). The molecular formula is C17H22N2O. The van der Waals surface area contributed by atoms with Crippen molar-refractivity contribution in [1.29, 1.82) is 0 Å². The van der Waals surface area contributed by atoms with Crippen molar-refractivity contribution in [2.45, 2.75) is 32.2 Å². The van der Waals surface area contributed by atoms with Crippen LogP contribution in [0, 0.1) is 0 Å². The second-order valence-electron chi connectivity index (χ2n) is 5.77. The molecule has 0 spiro atoms. The molecular weight excluding hydrogens is 248 g/mol. The number of allylic oxidation sites excluding steroid dienone is 1. The summed E-state index contributed by atoms with van der Waals surface area (Å²) >= 11 is 0. The van der Waals surface area contributed by atoms with Gasteiger partial charge in [0.15, 0.2) is 0 Å². The van der Waals surface area contributed by atoms with E-state index in [2.05, 4.69) is 56.7 Å². The predicted molar refractivity (Wildman–Crippen MR) is 83.2 cm³/mol. The average molecular weight is 270 g/mol. The van der Waals surface area contributed by atoms with Crippen LogP contribution < -0.4 is 10.2 Å². The molecule has 3 heteroatoms. The summed E-state index contributed by atoms with van der Waals surface area (Å²) in [5.74, 6) is 0.425. The van der Waals surface area contributed by atoms with Crippen LogP contribution in [-0.4, -0.2) is 24.9 Å². The minimum Gasteiger partial charge on any atom is -0.417 e. The highest BCUT2D eigenvalue weighted by Crippen LogP contribution is 2.38. The van der Waals surface area contributed by atoms with E-state index in [0.717, 1.165) is 6.42 Å². The van der Waals surface area contributed by atoms with Crippen LogP contribution in [0.25, 0.3) is 10.9 Å². The highest BCUT2D eigenvalue weighted by atomic mass is 16.6. The van der Waals surface area contributed by atoms with E-state index in [1.807, 2.05) is 4.73 Å². The molecule has 3 nitrogen and oxygen atoms in total. The molecule has 0 bridgehead atoms. The Labute approximate surface area is 120 Å². The second kappa shape index (κ2) is 4.98. The summed E-state index contributed by atoms with van der Waals surface area (Å²) in [4.78, 5) is 5.46. The fourth-order valence-electron chi connectivity index (χ4n) is 3.38. The van der Waals surface area contributed by atoms with Crippen LogP contribution >= 0.6 is 0 Å². The average Bonchev–Trinajstić information content (AvgIpc) is 2.80. The first kappa shape index (κ1) is 13.3. The first-order valence-corrected chi connectivity index (χ1v) is 7.15. The fourth-order valence-corrected chi connectivity index (χ4v) is 3.38. The third-order valence-electron chi connectivity index (χ3n) is 4.22. The molecule has 0 fully saturated rings. The fraction of sp³-hybridized carbons (Fsp3) is 0.412. The van der Waals surface area contributed by atoms with Gasteiger partial charge < -0.3 is 10.2 Å². The van der Waals surface area contributed by atoms with Crippen molar-refractivity contribution < 1.29 is 4.84 Å². The third-order valence-corrected chi connectivity index (χ3v) is 4.22. The van der Waals surface area contributed by atoms with Crippen LogP contribution in [0.2, 0.25) is 0 Å². The van der Waals surface area contributed by atoms with Crippen molar-refractivity contribution in [3.8, 4) is 0 Å². The van der Waals surface area contributed by atoms with Gasteiger partial charge in [0.2, 0.25) is 0 Å². The lowest BCUT2D eigenvalue weighted by Crippen LogP contribution is -2.35. The van der Waals surface area contributed by atoms with E-state index in [9.17, 15) is 0 Å². The summed E-state index contributed by atoms with van der Waals surface area (Å²) in [7, 11) is 3.77. The number of rotatable bonds is 3. The molecule has 0 radical (unpaired) electrons. The number of hydrogen-bond donors (Lipinski definition) is 1. The predicted octanol–water partition coefficient (Wildman–Crippen LogP) is 2.89. The van der Waals surface area contributed by atoms with E-state index in [1.165, 1.54) is 27.6 Å². The molecule has 0 unspecified atom stereocenters. The lowest BCUT2D eigenvalue weighted by molar-refractivity contribution is 0.179. The summed E-state index contributed by atoms with van der Waals surface area (Å²) in [5, 5.41) is 4.84. The van der Waals surface area contributed by atoms with E-state index in [4.69, 9.17) is 4.84 Å². The van der Waals surface area contributed by atoms with Gasteiger partial charge in [-0.25, -0.2) is 0 Å². The van der Waals surface area contributed by atoms with Crippen LogP contribution in [-0.2, 0) is 6.42 Å². The quantitative estimate of drug-likeness (QED) is 0.868. The van der Waals surface area contributed by atoms with Crippen LogP contribution in [0.1, 0.15) is 30.9 Å². The van der Waals surface area contributed by atoms with E-state index < -0.39 is 0 Å². The van der Waals surface area contributed by atoms with Crippen LogP contribution in [0.15, 0.2) is 36.0 Å². The van der Waals surface area contributed by atoms with Gasteiger partial charge in [0.05, 0.1) is 5.52 Å². The first-order chi connectivity index (χ1) is 9.65. The summed E-state index contributed by atoms with van der Waals surface area (Å²) in [6.45, 7) is 4.34. The van der Waals surface area contributed by atoms with E-state index in [-0.39, 0.29) is 0 Å². The molecule has 2 atom stereocenters. The van der Waals surface area contributed by atoms with Crippen LogP contribution in [0.3, 0.4) is 0 Å². The van der Waals surface area contributed by atoms with Crippen LogP contribution in [0.5, 0.6) is 0 Å². The Bertz CT molecular complexity index is 665. The summed E-state index contributed by atoms with van der Waals surface area (Å²) < 4.78 is 1.88. The number of nitrogens with one attached hydrogen (secondary N) is 1. The van der Waals surface area contributed by atoms with Gasteiger partial charge in [-0.3, -0.25) is 0 Å². The van der Waals surface area contributed by atoms with Gasteiger partial charge in [0.1, 0.15) is 7.11 Å². The lowest BCUT2D eigenvalue weighted by Gasteiger charge is -2.30. The number of hydrogen-bond acceptors (Lipinski definition) is 2. The summed E-state index contributed by atoms with van der Waals surface area (Å²) in [6.07, 6.45) is 5.54. The molecule has 0 saturated carbocycles. The molecule has 1 aromatic carbocycles. The smallest absolute Gasteiger partial charge is 0.104 e. The molecule has 1 aliphatic rings. The van der Waals surface area contributed by atoms with Crippen molar-refractivity contribution in [1.82, 2.24) is 10.0 Å². The molecule has 1 N–H and O–H groups in total. The number of aromatic nitrogens is 1. The zero-order chi connectivity index (χ0) is 14.3. The molecule has 0 saturated heterocycles. The first-order valence-electron chi connectivity index (χ1n) is 7.15. The molecule has 1 aliphatic carbocycles. The van der Waals surface area contributed by atoms with Gasteiger partial charge in [-0.1, -0.05) is 23.8 Å². The second-order valence-corrected chi connectivity index (χ2v) is 5.77. The highest BCUT2D eigenvalue weighted by molar-refractivity contribution is 5.89. The Morgan fingerprint density at radius 2 is 2.20 bits per heavy atom. The third kappa shape index (κ3) is 1.93. The standard InChI is InChI=1S/C17H22N2O/c1-11(2)8-14-13-6-5-7-16-17(13)12(9-15(14)18-3)10-19(16)20-4/h5-8,10,14-15,18H,9H2,1-4H3/t14-,15-/m1/s1. The zero-order valence-electron chi connectivity index (χ0n) is 12.6. The number of benzene rings is 1. The number of likely N-dealkylation sites (N-methyl/N-ethyl adjacent to an activating group) is 1. The maximum atomic E-state index is 5.46. The molecule has 0 amide bonds. The normalized spacial score (nSPS) is 21.0. The lowest BCUT2D eigenvalue weighted by atomic mass is 9.79. The van der Waals surface area contributed by atoms with Gasteiger partial charge in [0, 0.05) is 23.5 Å². The number of nitrogens with zero attached hydrogens (tertiary/aromatic N) is 1. The van der Waals surface area contributed by atoms with Gasteiger partial charge in [0.25, 0.3) is 0 Å². The van der Waals surface area contributed by atoms with Gasteiger partial charge >= 0.3 is 0 Å². The molecule has 1 aromatic heterocycles. The summed E-state index contributed by atoms with van der Waals surface area (Å²) in [6, 6.07) is 6.95. The minimum absolute atomic E-state index is 0.425. The van der Waals surface area contributed by atoms with E-state index in [1.54, 1.807) is 7.11 Å². The largest absolute Gasteiger partial charge is 0.417 e. The molecule has 1 heterocycles. The maximum Gasteiger partial charge on any atom is 0.104 e. The Morgan fingerprint density at radius 3 is 2.85 bits per heavy atom. The Morgan fingerprint density at radius 1 is 1.40 bits per heavy atom. The zero-order valence-corrected chi connectivity index (χ0v) is 12.6. The maximum absolute atomic E-state index is 5.46. The van der Waals surface area contributed by atoms with Crippen molar-refractivity contribution >= 4 is 10.9 Å². The van der Waals surface area contributed by atoms with Gasteiger partial charge in [-0.2, -0.15) is 4.73 Å². The van der Waals surface area contributed by atoms with Crippen LogP contribution in [0.4, 0.5) is 0 Å². The Kier molecular flexibility index (Phi) is 3.30. The SMILES string of the molecule is CN[C@@H]1Cc2cn(OC)c3cccc(c23)[C@H]1C=C(C)C. The van der Waals surface area contributed by atoms with Crippen molar-refractivity contribution in [3.05, 3.63) is 47.2 Å². The van der Waals surface area contributed by atoms with Gasteiger partial charge in [-0.05, 0) is 44.5 Å². The van der Waals surface area contributed by atoms with Crippen molar-refractivity contribution in [3.63, 3.8) is 0 Å². The monoisotopic (exact) mass is 270 g/mol. The minimum atomic E-state index is 0.425. The molecule has 20 heavy (non-hydrogen) atoms. The molecule has 2 aromatic rings. The van der Waals surface area contributed by atoms with Crippen molar-refractivity contribution in [2.75, 3.05) is 14.2 Å². The van der Waals surface area contributed by atoms with Crippen molar-refractivity contribution in [2.24, 2.45) is 0 Å². The summed E-state index contributed by atoms with van der Waals surface area (Å²) in [5.41, 5.74) is 5.30.